The van der Waals surface area contributed by atoms with Crippen molar-refractivity contribution in [3.8, 4) is 5.75 Å². The molecule has 0 radical (unpaired) electrons. The van der Waals surface area contributed by atoms with E-state index in [1.165, 1.54) is 0 Å². The second-order valence-electron chi connectivity index (χ2n) is 6.66. The van der Waals surface area contributed by atoms with E-state index in [9.17, 15) is 0 Å². The highest BCUT2D eigenvalue weighted by Crippen LogP contribution is 2.45. The van der Waals surface area contributed by atoms with E-state index in [1.54, 1.807) is 0 Å². The minimum Gasteiger partial charge on any atom is -0.458 e. The molecule has 0 spiro atoms. The molecular formula is C25H20NOPS2. The van der Waals surface area contributed by atoms with Gasteiger partial charge in [-0.25, -0.2) is 0 Å². The van der Waals surface area contributed by atoms with Crippen LogP contribution in [0.5, 0.6) is 5.75 Å². The highest BCUT2D eigenvalue weighted by atomic mass is 32.4. The molecule has 4 rings (SSSR count). The van der Waals surface area contributed by atoms with Crippen LogP contribution in [-0.2, 0) is 11.8 Å². The standard InChI is InChI=1S/C25H20NOPS2/c29-25(26-21-12-4-1-5-13-21)20-11-10-14-22(19-20)27-28(30,23-15-6-2-7-16-23)24-17-8-3-9-18-24/h1-19H,(H,26,29). The number of hydrogen-bond donors (Lipinski definition) is 1. The maximum absolute atomic E-state index is 6.55. The number of nitrogens with one attached hydrogen (secondary N) is 1. The van der Waals surface area contributed by atoms with Crippen LogP contribution in [0, 0.1) is 0 Å². The third-order valence-electron chi connectivity index (χ3n) is 4.55. The van der Waals surface area contributed by atoms with Crippen molar-refractivity contribution in [2.45, 2.75) is 0 Å². The van der Waals surface area contributed by atoms with Gasteiger partial charge in [-0.2, -0.15) is 0 Å². The largest absolute Gasteiger partial charge is 0.458 e. The summed E-state index contributed by atoms with van der Waals surface area (Å²) in [6.07, 6.45) is -2.49. The smallest absolute Gasteiger partial charge is 0.171 e. The van der Waals surface area contributed by atoms with Crippen molar-refractivity contribution in [2.24, 2.45) is 0 Å². The van der Waals surface area contributed by atoms with Gasteiger partial charge in [0.15, 0.2) is 6.26 Å². The van der Waals surface area contributed by atoms with Crippen LogP contribution in [0.4, 0.5) is 5.69 Å². The zero-order valence-electron chi connectivity index (χ0n) is 16.1. The van der Waals surface area contributed by atoms with Crippen LogP contribution >= 0.6 is 18.5 Å². The highest BCUT2D eigenvalue weighted by molar-refractivity contribution is 8.19. The molecule has 0 aliphatic carbocycles. The Kier molecular flexibility index (Phi) is 6.39. The fraction of sp³-hybridized carbons (Fsp3) is 0. The third-order valence-corrected chi connectivity index (χ3v) is 8.80. The zero-order valence-corrected chi connectivity index (χ0v) is 18.7. The molecule has 0 fully saturated rings. The molecule has 2 nitrogen and oxygen atoms in total. The van der Waals surface area contributed by atoms with E-state index in [4.69, 9.17) is 28.5 Å². The molecule has 5 heteroatoms. The van der Waals surface area contributed by atoms with E-state index in [0.29, 0.717) is 10.7 Å². The number of hydrogen-bond acceptors (Lipinski definition) is 3. The lowest BCUT2D eigenvalue weighted by Crippen LogP contribution is -2.20. The van der Waals surface area contributed by atoms with Crippen LogP contribution in [0.3, 0.4) is 0 Å². The van der Waals surface area contributed by atoms with Gasteiger partial charge in [0, 0.05) is 21.9 Å². The molecule has 4 aromatic carbocycles. The van der Waals surface area contributed by atoms with E-state index in [2.05, 4.69) is 5.32 Å². The molecular weight excluding hydrogens is 425 g/mol. The van der Waals surface area contributed by atoms with E-state index in [1.807, 2.05) is 115 Å². The average molecular weight is 446 g/mol. The average Bonchev–Trinajstić information content (AvgIpc) is 2.81. The summed E-state index contributed by atoms with van der Waals surface area (Å²) in [4.78, 5) is 0.638. The molecule has 0 atom stereocenters. The minimum absolute atomic E-state index is 0.638. The van der Waals surface area contributed by atoms with Crippen LogP contribution in [0.2, 0.25) is 0 Å². The Labute approximate surface area is 187 Å². The van der Waals surface area contributed by atoms with Gasteiger partial charge in [0.25, 0.3) is 0 Å². The predicted octanol–water partition coefficient (Wildman–Crippen LogP) is 5.90. The molecule has 148 valence electrons. The van der Waals surface area contributed by atoms with Crippen molar-refractivity contribution in [3.05, 3.63) is 121 Å². The van der Waals surface area contributed by atoms with Gasteiger partial charge in [0.1, 0.15) is 10.7 Å². The van der Waals surface area contributed by atoms with E-state index >= 15 is 0 Å². The summed E-state index contributed by atoms with van der Waals surface area (Å²) in [7, 11) is 0. The van der Waals surface area contributed by atoms with Crippen molar-refractivity contribution < 1.29 is 4.52 Å². The van der Waals surface area contributed by atoms with Gasteiger partial charge in [-0.3, -0.25) is 0 Å². The predicted molar refractivity (Wildman–Crippen MR) is 135 cm³/mol. The number of benzene rings is 4. The van der Waals surface area contributed by atoms with Crippen LogP contribution in [0.25, 0.3) is 0 Å². The number of para-hydroxylation sites is 1. The number of rotatable bonds is 6. The highest BCUT2D eigenvalue weighted by Gasteiger charge is 2.25. The van der Waals surface area contributed by atoms with Crippen molar-refractivity contribution in [2.75, 3.05) is 5.32 Å². The van der Waals surface area contributed by atoms with Gasteiger partial charge in [-0.15, -0.1) is 0 Å². The summed E-state index contributed by atoms with van der Waals surface area (Å²) < 4.78 is 6.55. The first-order valence-corrected chi connectivity index (χ1v) is 12.7. The lowest BCUT2D eigenvalue weighted by atomic mass is 10.2. The fourth-order valence-electron chi connectivity index (χ4n) is 3.07. The Hall–Kier alpha value is -2.78. The van der Waals surface area contributed by atoms with Crippen LogP contribution < -0.4 is 20.4 Å². The lowest BCUT2D eigenvalue weighted by Gasteiger charge is -2.24. The first kappa shape index (κ1) is 20.5. The number of anilines is 1. The van der Waals surface area contributed by atoms with Crippen molar-refractivity contribution in [3.63, 3.8) is 0 Å². The quantitative estimate of drug-likeness (QED) is 0.295. The molecule has 0 aliphatic heterocycles. The summed E-state index contributed by atoms with van der Waals surface area (Å²) in [5.41, 5.74) is 1.83. The van der Waals surface area contributed by atoms with Gasteiger partial charge in [-0.1, -0.05) is 103 Å². The molecule has 0 bridgehead atoms. The lowest BCUT2D eigenvalue weighted by molar-refractivity contribution is 0.628. The second-order valence-corrected chi connectivity index (χ2v) is 10.9. The SMILES string of the molecule is S=C(Nc1ccccc1)c1cccc(OP(=S)(c2ccccc2)c2ccccc2)c1. The minimum atomic E-state index is -2.49. The molecule has 0 heterocycles. The summed E-state index contributed by atoms with van der Waals surface area (Å²) in [6, 6.07) is 37.8. The van der Waals surface area contributed by atoms with E-state index < -0.39 is 6.26 Å². The normalized spacial score (nSPS) is 10.9. The van der Waals surface area contributed by atoms with Gasteiger partial charge in [-0.05, 0) is 36.1 Å². The van der Waals surface area contributed by atoms with Crippen LogP contribution in [0.1, 0.15) is 5.56 Å². The monoisotopic (exact) mass is 445 g/mol. The first-order chi connectivity index (χ1) is 14.6. The molecule has 0 unspecified atom stereocenters. The van der Waals surface area contributed by atoms with Gasteiger partial charge in [0.2, 0.25) is 0 Å². The molecule has 1 N–H and O–H groups in total. The van der Waals surface area contributed by atoms with Crippen molar-refractivity contribution in [1.29, 1.82) is 0 Å². The number of thiocarbonyl (C=S) groups is 1. The van der Waals surface area contributed by atoms with E-state index in [0.717, 1.165) is 21.9 Å². The third kappa shape index (κ3) is 4.68. The van der Waals surface area contributed by atoms with Gasteiger partial charge in [0.05, 0.1) is 0 Å². The van der Waals surface area contributed by atoms with Crippen LogP contribution in [0.15, 0.2) is 115 Å². The van der Waals surface area contributed by atoms with Gasteiger partial charge < -0.3 is 9.84 Å². The molecule has 0 saturated carbocycles. The summed E-state index contributed by atoms with van der Waals surface area (Å²) in [5.74, 6) is 0.709. The summed E-state index contributed by atoms with van der Waals surface area (Å²) >= 11 is 11.8. The molecule has 4 aromatic rings. The molecule has 0 amide bonds. The Balaban J connectivity index is 1.65. The summed E-state index contributed by atoms with van der Waals surface area (Å²) in [5, 5.41) is 5.30. The van der Waals surface area contributed by atoms with E-state index in [-0.39, 0.29) is 0 Å². The Bertz CT molecular complexity index is 1140. The van der Waals surface area contributed by atoms with Crippen molar-refractivity contribution in [1.82, 2.24) is 0 Å². The topological polar surface area (TPSA) is 21.3 Å². The molecule has 0 saturated heterocycles. The second kappa shape index (κ2) is 9.36. The van der Waals surface area contributed by atoms with Gasteiger partial charge >= 0.3 is 0 Å². The zero-order chi connectivity index (χ0) is 20.8. The maximum atomic E-state index is 6.55. The first-order valence-electron chi connectivity index (χ1n) is 9.52. The molecule has 30 heavy (non-hydrogen) atoms. The molecule has 0 aromatic heterocycles. The summed E-state index contributed by atoms with van der Waals surface area (Å²) in [6.45, 7) is 0. The molecule has 0 aliphatic rings. The Morgan fingerprint density at radius 3 is 1.77 bits per heavy atom. The van der Waals surface area contributed by atoms with Crippen LogP contribution in [-0.4, -0.2) is 4.99 Å². The Morgan fingerprint density at radius 2 is 1.20 bits per heavy atom. The maximum Gasteiger partial charge on any atom is 0.171 e. The fourth-order valence-corrected chi connectivity index (χ4v) is 6.35. The Morgan fingerprint density at radius 1 is 0.667 bits per heavy atom. The van der Waals surface area contributed by atoms with Crippen molar-refractivity contribution >= 4 is 51.6 Å².